The van der Waals surface area contributed by atoms with Crippen molar-refractivity contribution >= 4 is 5.91 Å². The Morgan fingerprint density at radius 3 is 2.25 bits per heavy atom. The number of hydrazine groups is 1. The lowest BCUT2D eigenvalue weighted by Gasteiger charge is -2.40. The molecule has 1 N–H and O–H groups in total. The van der Waals surface area contributed by atoms with E-state index in [9.17, 15) is 4.79 Å². The third-order valence-corrected chi connectivity index (χ3v) is 3.48. The summed E-state index contributed by atoms with van der Waals surface area (Å²) < 4.78 is 5.17. The van der Waals surface area contributed by atoms with Crippen molar-refractivity contribution in [3.8, 4) is 0 Å². The molecule has 0 spiro atoms. The highest BCUT2D eigenvalue weighted by Gasteiger charge is 2.32. The highest BCUT2D eigenvalue weighted by Crippen LogP contribution is 2.21. The summed E-state index contributed by atoms with van der Waals surface area (Å²) in [6, 6.07) is 0.806. The molecule has 0 aliphatic carbocycles. The van der Waals surface area contributed by atoms with Crippen LogP contribution in [0.4, 0.5) is 0 Å². The van der Waals surface area contributed by atoms with E-state index in [1.807, 2.05) is 0 Å². The quantitative estimate of drug-likeness (QED) is 0.799. The van der Waals surface area contributed by atoms with E-state index in [-0.39, 0.29) is 5.91 Å². The zero-order valence-corrected chi connectivity index (χ0v) is 11.0. The van der Waals surface area contributed by atoms with E-state index in [0.717, 1.165) is 12.8 Å². The highest BCUT2D eigenvalue weighted by atomic mass is 16.5. The van der Waals surface area contributed by atoms with Crippen LogP contribution in [0.2, 0.25) is 0 Å². The molecule has 0 aromatic heterocycles. The Labute approximate surface area is 98.3 Å². The predicted molar refractivity (Wildman–Crippen MR) is 63.8 cm³/mol. The Hall–Kier alpha value is -0.610. The molecular weight excluding hydrogens is 204 g/mol. The van der Waals surface area contributed by atoms with Gasteiger partial charge in [0.2, 0.25) is 0 Å². The number of nitrogens with one attached hydrogen (secondary N) is 1. The lowest BCUT2D eigenvalue weighted by atomic mass is 9.99. The molecule has 4 nitrogen and oxygen atoms in total. The number of amides is 1. The van der Waals surface area contributed by atoms with Crippen LogP contribution in [-0.4, -0.2) is 35.7 Å². The van der Waals surface area contributed by atoms with Crippen LogP contribution in [-0.2, 0) is 9.53 Å². The topological polar surface area (TPSA) is 41.6 Å². The van der Waals surface area contributed by atoms with Crippen LogP contribution in [0.3, 0.4) is 0 Å². The van der Waals surface area contributed by atoms with Gasteiger partial charge in [0.25, 0.3) is 5.91 Å². The summed E-state index contributed by atoms with van der Waals surface area (Å²) in [5.74, 6) is -0.0735. The van der Waals surface area contributed by atoms with E-state index in [1.165, 1.54) is 6.42 Å². The first-order valence-electron chi connectivity index (χ1n) is 6.03. The minimum atomic E-state index is -0.767. The fourth-order valence-electron chi connectivity index (χ4n) is 1.99. The lowest BCUT2D eigenvalue weighted by Crippen LogP contribution is -2.58. The van der Waals surface area contributed by atoms with E-state index >= 15 is 0 Å². The van der Waals surface area contributed by atoms with Crippen molar-refractivity contribution < 1.29 is 9.53 Å². The number of hydrogen-bond acceptors (Lipinski definition) is 3. The van der Waals surface area contributed by atoms with Gasteiger partial charge in [0.05, 0.1) is 0 Å². The van der Waals surface area contributed by atoms with E-state index in [1.54, 1.807) is 21.0 Å². The molecule has 0 aromatic carbocycles. The number of hydrogen-bond donors (Lipinski definition) is 1. The first-order valence-corrected chi connectivity index (χ1v) is 6.03. The Morgan fingerprint density at radius 1 is 1.31 bits per heavy atom. The molecule has 0 radical (unpaired) electrons. The van der Waals surface area contributed by atoms with Crippen molar-refractivity contribution in [2.24, 2.45) is 0 Å². The second-order valence-corrected chi connectivity index (χ2v) is 5.19. The molecule has 16 heavy (non-hydrogen) atoms. The Morgan fingerprint density at radius 2 is 1.81 bits per heavy atom. The van der Waals surface area contributed by atoms with E-state index in [0.29, 0.717) is 12.1 Å². The van der Waals surface area contributed by atoms with Gasteiger partial charge in [0, 0.05) is 19.2 Å². The number of nitrogens with zero attached hydrogens (tertiary/aromatic N) is 1. The zero-order valence-electron chi connectivity index (χ0n) is 11.0. The van der Waals surface area contributed by atoms with Gasteiger partial charge in [-0.3, -0.25) is 10.2 Å². The number of piperidine rings is 1. The van der Waals surface area contributed by atoms with E-state index < -0.39 is 5.60 Å². The SMILES string of the molecule is COC(C)(C)C(=O)NN1C(C)CCCC1C. The molecule has 1 saturated heterocycles. The summed E-state index contributed by atoms with van der Waals surface area (Å²) >= 11 is 0. The van der Waals surface area contributed by atoms with Crippen LogP contribution in [0.1, 0.15) is 47.0 Å². The maximum atomic E-state index is 12.0. The number of carbonyl (C=O) groups is 1. The average molecular weight is 228 g/mol. The molecule has 4 heteroatoms. The molecule has 94 valence electrons. The molecular formula is C12H24N2O2. The first-order chi connectivity index (χ1) is 7.38. The lowest BCUT2D eigenvalue weighted by molar-refractivity contribution is -0.148. The molecule has 0 aromatic rings. The molecule has 1 aliphatic rings. The Kier molecular flexibility index (Phi) is 4.33. The van der Waals surface area contributed by atoms with Gasteiger partial charge in [-0.2, -0.15) is 0 Å². The van der Waals surface area contributed by atoms with Crippen molar-refractivity contribution in [3.05, 3.63) is 0 Å². The average Bonchev–Trinajstić information content (AvgIpc) is 2.23. The zero-order chi connectivity index (χ0) is 12.3. The second kappa shape index (κ2) is 5.15. The van der Waals surface area contributed by atoms with Gasteiger partial charge < -0.3 is 4.74 Å². The third-order valence-electron chi connectivity index (χ3n) is 3.48. The number of carbonyl (C=O) groups excluding carboxylic acids is 1. The number of methoxy groups -OCH3 is 1. The number of ether oxygens (including phenoxy) is 1. The van der Waals surface area contributed by atoms with Gasteiger partial charge in [0.1, 0.15) is 5.60 Å². The fraction of sp³-hybridized carbons (Fsp3) is 0.917. The highest BCUT2D eigenvalue weighted by molar-refractivity contribution is 5.83. The Balaban J connectivity index is 2.61. The predicted octanol–water partition coefficient (Wildman–Crippen LogP) is 1.71. The normalized spacial score (nSPS) is 27.8. The van der Waals surface area contributed by atoms with Crippen molar-refractivity contribution in [2.75, 3.05) is 7.11 Å². The third kappa shape index (κ3) is 2.95. The molecule has 1 aliphatic heterocycles. The van der Waals surface area contributed by atoms with Crippen LogP contribution >= 0.6 is 0 Å². The second-order valence-electron chi connectivity index (χ2n) is 5.19. The van der Waals surface area contributed by atoms with Gasteiger partial charge in [-0.05, 0) is 40.5 Å². The molecule has 2 atom stereocenters. The van der Waals surface area contributed by atoms with E-state index in [2.05, 4.69) is 24.3 Å². The van der Waals surface area contributed by atoms with Crippen LogP contribution < -0.4 is 5.43 Å². The summed E-state index contributed by atoms with van der Waals surface area (Å²) in [6.45, 7) is 7.86. The summed E-state index contributed by atoms with van der Waals surface area (Å²) in [5.41, 5.74) is 2.21. The fourth-order valence-corrected chi connectivity index (χ4v) is 1.99. The largest absolute Gasteiger partial charge is 0.369 e. The molecule has 1 amide bonds. The molecule has 1 heterocycles. The van der Waals surface area contributed by atoms with Gasteiger partial charge in [-0.1, -0.05) is 6.42 Å². The van der Waals surface area contributed by atoms with Gasteiger partial charge in [-0.25, -0.2) is 5.01 Å². The molecule has 0 bridgehead atoms. The Bertz CT molecular complexity index is 243. The minimum Gasteiger partial charge on any atom is -0.369 e. The van der Waals surface area contributed by atoms with Gasteiger partial charge >= 0.3 is 0 Å². The minimum absolute atomic E-state index is 0.0735. The van der Waals surface area contributed by atoms with Crippen molar-refractivity contribution in [2.45, 2.75) is 64.6 Å². The van der Waals surface area contributed by atoms with E-state index in [4.69, 9.17) is 4.74 Å². The summed E-state index contributed by atoms with van der Waals surface area (Å²) in [7, 11) is 1.56. The van der Waals surface area contributed by atoms with Gasteiger partial charge in [-0.15, -0.1) is 0 Å². The maximum Gasteiger partial charge on any atom is 0.265 e. The summed E-state index contributed by atoms with van der Waals surface area (Å²) in [4.78, 5) is 12.0. The molecule has 2 unspecified atom stereocenters. The smallest absolute Gasteiger partial charge is 0.265 e. The first kappa shape index (κ1) is 13.5. The maximum absolute atomic E-state index is 12.0. The van der Waals surface area contributed by atoms with Crippen LogP contribution in [0.5, 0.6) is 0 Å². The monoisotopic (exact) mass is 228 g/mol. The molecule has 1 fully saturated rings. The summed E-state index contributed by atoms with van der Waals surface area (Å²) in [6.07, 6.45) is 3.51. The van der Waals surface area contributed by atoms with Crippen molar-refractivity contribution in [1.29, 1.82) is 0 Å². The molecule has 0 saturated carbocycles. The van der Waals surface area contributed by atoms with Crippen LogP contribution in [0.25, 0.3) is 0 Å². The van der Waals surface area contributed by atoms with Crippen molar-refractivity contribution in [3.63, 3.8) is 0 Å². The van der Waals surface area contributed by atoms with Gasteiger partial charge in [0.15, 0.2) is 0 Å². The van der Waals surface area contributed by atoms with Crippen molar-refractivity contribution in [1.82, 2.24) is 10.4 Å². The number of rotatable bonds is 3. The van der Waals surface area contributed by atoms with Crippen LogP contribution in [0, 0.1) is 0 Å². The summed E-state index contributed by atoms with van der Waals surface area (Å²) in [5, 5.41) is 2.06. The van der Waals surface area contributed by atoms with Crippen LogP contribution in [0.15, 0.2) is 0 Å². The standard InChI is InChI=1S/C12H24N2O2/c1-9-7-6-8-10(2)14(9)13-11(15)12(3,4)16-5/h9-10H,6-8H2,1-5H3,(H,13,15). The molecule has 1 rings (SSSR count).